The van der Waals surface area contributed by atoms with Gasteiger partial charge in [0, 0.05) is 19.0 Å². The third kappa shape index (κ3) is 0.707. The van der Waals surface area contributed by atoms with Gasteiger partial charge < -0.3 is 5.11 Å². The van der Waals surface area contributed by atoms with Crippen molar-refractivity contribution in [3.8, 4) is 0 Å². The van der Waals surface area contributed by atoms with Crippen LogP contribution < -0.4 is 0 Å². The van der Waals surface area contributed by atoms with Crippen molar-refractivity contribution in [2.45, 2.75) is 19.1 Å². The first-order valence-electron chi connectivity index (χ1n) is 3.75. The summed E-state index contributed by atoms with van der Waals surface area (Å²) in [4.78, 5) is 12.9. The average molecular weight is 141 g/mol. The Labute approximate surface area is 59.6 Å². The second-order valence-corrected chi connectivity index (χ2v) is 3.09. The molecule has 0 amide bonds. The lowest BCUT2D eigenvalue weighted by Crippen LogP contribution is -2.55. The number of aliphatic hydroxyl groups is 1. The molecule has 10 heavy (non-hydrogen) atoms. The van der Waals surface area contributed by atoms with Gasteiger partial charge in [-0.3, -0.25) is 9.69 Å². The topological polar surface area (TPSA) is 40.5 Å². The fourth-order valence-corrected chi connectivity index (χ4v) is 1.82. The van der Waals surface area contributed by atoms with Gasteiger partial charge in [0.05, 0.1) is 0 Å². The van der Waals surface area contributed by atoms with Gasteiger partial charge in [-0.25, -0.2) is 0 Å². The number of Topliss-reactive ketones (excluding diaryl/α,β-unsaturated/α-hetero) is 1. The van der Waals surface area contributed by atoms with Crippen LogP contribution in [0.1, 0.15) is 12.8 Å². The zero-order chi connectivity index (χ0) is 7.14. The van der Waals surface area contributed by atoms with Crippen LogP contribution >= 0.6 is 0 Å². The molecular weight excluding hydrogens is 130 g/mol. The van der Waals surface area contributed by atoms with E-state index < -0.39 is 6.23 Å². The molecule has 0 spiro atoms. The maximum atomic E-state index is 11.1. The van der Waals surface area contributed by atoms with Crippen LogP contribution in [0.2, 0.25) is 0 Å². The lowest BCUT2D eigenvalue weighted by atomic mass is 9.86. The number of aliphatic hydroxyl groups excluding tert-OH is 1. The van der Waals surface area contributed by atoms with E-state index in [0.29, 0.717) is 0 Å². The molecule has 1 atom stereocenters. The number of hydrogen-bond donors (Lipinski definition) is 1. The molecule has 3 fully saturated rings. The first-order chi connectivity index (χ1) is 4.79. The molecule has 0 aromatic carbocycles. The van der Waals surface area contributed by atoms with Crippen LogP contribution in [0, 0.1) is 5.92 Å². The van der Waals surface area contributed by atoms with Crippen LogP contribution in [0.5, 0.6) is 0 Å². The number of fused-ring (bicyclic) bond motifs is 3. The minimum atomic E-state index is -0.771. The Morgan fingerprint density at radius 2 is 2.00 bits per heavy atom. The fourth-order valence-electron chi connectivity index (χ4n) is 1.82. The zero-order valence-electron chi connectivity index (χ0n) is 5.79. The van der Waals surface area contributed by atoms with E-state index in [9.17, 15) is 9.90 Å². The third-order valence-electron chi connectivity index (χ3n) is 2.53. The van der Waals surface area contributed by atoms with Crippen molar-refractivity contribution in [3.63, 3.8) is 0 Å². The second kappa shape index (κ2) is 2.04. The molecule has 3 heteroatoms. The molecule has 3 rings (SSSR count). The molecule has 0 radical (unpaired) electrons. The van der Waals surface area contributed by atoms with E-state index in [-0.39, 0.29) is 11.7 Å². The number of nitrogens with zero attached hydrogens (tertiary/aromatic N) is 1. The number of ketones is 1. The predicted octanol–water partition coefficient (Wildman–Crippen LogP) is -0.401. The van der Waals surface area contributed by atoms with E-state index in [2.05, 4.69) is 0 Å². The van der Waals surface area contributed by atoms with Crippen LogP contribution in [0.3, 0.4) is 0 Å². The summed E-state index contributed by atoms with van der Waals surface area (Å²) < 4.78 is 0. The van der Waals surface area contributed by atoms with Gasteiger partial charge in [0.15, 0.2) is 12.0 Å². The molecule has 0 aromatic heterocycles. The molecule has 0 saturated carbocycles. The molecule has 1 unspecified atom stereocenters. The largest absolute Gasteiger partial charge is 0.371 e. The minimum absolute atomic E-state index is 0.0394. The van der Waals surface area contributed by atoms with Crippen molar-refractivity contribution >= 4 is 5.78 Å². The fraction of sp³-hybridized carbons (Fsp3) is 0.857. The molecule has 2 bridgehead atoms. The van der Waals surface area contributed by atoms with Crippen LogP contribution in [-0.4, -0.2) is 35.1 Å². The number of hydrogen-bond acceptors (Lipinski definition) is 3. The number of rotatable bonds is 0. The summed E-state index contributed by atoms with van der Waals surface area (Å²) in [6, 6.07) is 0. The monoisotopic (exact) mass is 141 g/mol. The molecule has 0 aliphatic carbocycles. The Balaban J connectivity index is 2.20. The normalized spacial score (nSPS) is 46.1. The molecule has 3 aliphatic heterocycles. The van der Waals surface area contributed by atoms with Gasteiger partial charge in [0.25, 0.3) is 0 Å². The molecule has 1 N–H and O–H groups in total. The first-order valence-corrected chi connectivity index (χ1v) is 3.75. The summed E-state index contributed by atoms with van der Waals surface area (Å²) in [7, 11) is 0. The predicted molar refractivity (Wildman–Crippen MR) is 35.3 cm³/mol. The van der Waals surface area contributed by atoms with E-state index in [0.717, 1.165) is 25.9 Å². The van der Waals surface area contributed by atoms with E-state index in [4.69, 9.17) is 0 Å². The lowest BCUT2D eigenvalue weighted by molar-refractivity contribution is -0.155. The second-order valence-electron chi connectivity index (χ2n) is 3.09. The van der Waals surface area contributed by atoms with Gasteiger partial charge in [-0.2, -0.15) is 0 Å². The molecule has 3 heterocycles. The SMILES string of the molecule is O=C1C2CCN(CC2)C1O. The Kier molecular flexibility index (Phi) is 1.28. The van der Waals surface area contributed by atoms with Crippen LogP contribution in [-0.2, 0) is 4.79 Å². The highest BCUT2D eigenvalue weighted by atomic mass is 16.3. The van der Waals surface area contributed by atoms with Crippen molar-refractivity contribution < 1.29 is 9.90 Å². The van der Waals surface area contributed by atoms with Crippen LogP contribution in [0.4, 0.5) is 0 Å². The summed E-state index contributed by atoms with van der Waals surface area (Å²) in [5.74, 6) is 0.206. The average Bonchev–Trinajstić information content (AvgIpc) is 2.00. The van der Waals surface area contributed by atoms with E-state index in [1.54, 1.807) is 0 Å². The summed E-state index contributed by atoms with van der Waals surface area (Å²) in [6.45, 7) is 1.80. The van der Waals surface area contributed by atoms with Crippen molar-refractivity contribution in [2.75, 3.05) is 13.1 Å². The van der Waals surface area contributed by atoms with Gasteiger partial charge in [-0.15, -0.1) is 0 Å². The summed E-state index contributed by atoms with van der Waals surface area (Å²) in [5.41, 5.74) is 0. The Morgan fingerprint density at radius 1 is 1.40 bits per heavy atom. The molecule has 56 valence electrons. The van der Waals surface area contributed by atoms with Crippen LogP contribution in [0.25, 0.3) is 0 Å². The minimum Gasteiger partial charge on any atom is -0.371 e. The maximum Gasteiger partial charge on any atom is 0.179 e. The molecule has 0 aromatic rings. The Bertz CT molecular complexity index is 157. The van der Waals surface area contributed by atoms with E-state index in [1.165, 1.54) is 0 Å². The lowest BCUT2D eigenvalue weighted by Gasteiger charge is -2.41. The van der Waals surface area contributed by atoms with Gasteiger partial charge in [-0.1, -0.05) is 0 Å². The molecule has 3 aliphatic rings. The smallest absolute Gasteiger partial charge is 0.179 e. The molecule has 3 nitrogen and oxygen atoms in total. The highest BCUT2D eigenvalue weighted by molar-refractivity contribution is 5.86. The number of carbonyl (C=O) groups is 1. The number of piperidine rings is 3. The highest BCUT2D eigenvalue weighted by Gasteiger charge is 2.39. The summed E-state index contributed by atoms with van der Waals surface area (Å²) in [6.07, 6.45) is 1.14. The first kappa shape index (κ1) is 6.31. The standard InChI is InChI=1S/C7H11NO2/c9-6-5-1-3-8(4-2-5)7(6)10/h5,7,10H,1-4H2. The van der Waals surface area contributed by atoms with Gasteiger partial charge >= 0.3 is 0 Å². The third-order valence-corrected chi connectivity index (χ3v) is 2.53. The van der Waals surface area contributed by atoms with Gasteiger partial charge in [-0.05, 0) is 12.8 Å². The van der Waals surface area contributed by atoms with Crippen molar-refractivity contribution in [1.82, 2.24) is 4.90 Å². The molecular formula is C7H11NO2. The maximum absolute atomic E-state index is 11.1. The highest BCUT2D eigenvalue weighted by Crippen LogP contribution is 2.27. The quantitative estimate of drug-likeness (QED) is 0.499. The van der Waals surface area contributed by atoms with Crippen molar-refractivity contribution in [1.29, 1.82) is 0 Å². The van der Waals surface area contributed by atoms with E-state index >= 15 is 0 Å². The molecule has 3 saturated heterocycles. The van der Waals surface area contributed by atoms with E-state index in [1.807, 2.05) is 4.90 Å². The number of carbonyl (C=O) groups excluding carboxylic acids is 1. The van der Waals surface area contributed by atoms with Crippen LogP contribution in [0.15, 0.2) is 0 Å². The van der Waals surface area contributed by atoms with Crippen molar-refractivity contribution in [2.24, 2.45) is 5.92 Å². The van der Waals surface area contributed by atoms with Gasteiger partial charge in [0.1, 0.15) is 0 Å². The van der Waals surface area contributed by atoms with Crippen molar-refractivity contribution in [3.05, 3.63) is 0 Å². The summed E-state index contributed by atoms with van der Waals surface area (Å²) in [5, 5.41) is 9.24. The van der Waals surface area contributed by atoms with Gasteiger partial charge in [0.2, 0.25) is 0 Å². The zero-order valence-corrected chi connectivity index (χ0v) is 5.79. The Hall–Kier alpha value is -0.410. The summed E-state index contributed by atoms with van der Waals surface area (Å²) >= 11 is 0. The Morgan fingerprint density at radius 3 is 2.30 bits per heavy atom.